The van der Waals surface area contributed by atoms with Gasteiger partial charge < -0.3 is 5.32 Å². The van der Waals surface area contributed by atoms with Crippen LogP contribution in [0.3, 0.4) is 0 Å². The molecule has 8 heteroatoms. The average molecular weight is 487 g/mol. The number of nitrogens with zero attached hydrogens (tertiary/aromatic N) is 2. The Hall–Kier alpha value is -5.37. The van der Waals surface area contributed by atoms with Crippen LogP contribution in [0.2, 0.25) is 0 Å². The van der Waals surface area contributed by atoms with Crippen LogP contribution >= 0.6 is 0 Å². The number of hydrogen-bond acceptors (Lipinski definition) is 5. The molecule has 0 saturated heterocycles. The zero-order valence-electron chi connectivity index (χ0n) is 19.2. The van der Waals surface area contributed by atoms with E-state index >= 15 is 0 Å². The van der Waals surface area contributed by atoms with Gasteiger partial charge >= 0.3 is 0 Å². The Balaban J connectivity index is 1.25. The summed E-state index contributed by atoms with van der Waals surface area (Å²) in [5.74, 6) is -2.41. The number of hydrogen-bond donors (Lipinski definition) is 1. The molecule has 4 aromatic carbocycles. The molecule has 0 bridgehead atoms. The highest BCUT2D eigenvalue weighted by molar-refractivity contribution is 6.35. The standard InChI is InChI=1S/C29H17N3O5/c33-25(17-11-13-21-23(15-17)28(36)31(26(21)34)19-7-3-1-4-8-19)30-18-12-14-22-24(16-18)29(37)32(27(22)35)20-9-5-2-6-10-20/h1-16H,(H,30,33). The third-order valence-corrected chi connectivity index (χ3v) is 6.32. The summed E-state index contributed by atoms with van der Waals surface area (Å²) in [5, 5.41) is 2.71. The highest BCUT2D eigenvalue weighted by Gasteiger charge is 2.38. The lowest BCUT2D eigenvalue weighted by atomic mass is 10.0. The van der Waals surface area contributed by atoms with Crippen molar-refractivity contribution in [3.05, 3.63) is 125 Å². The zero-order chi connectivity index (χ0) is 25.7. The van der Waals surface area contributed by atoms with Crippen molar-refractivity contribution in [2.45, 2.75) is 0 Å². The molecule has 37 heavy (non-hydrogen) atoms. The first-order valence-electron chi connectivity index (χ1n) is 11.4. The summed E-state index contributed by atoms with van der Waals surface area (Å²) >= 11 is 0. The third kappa shape index (κ3) is 3.51. The van der Waals surface area contributed by atoms with Gasteiger partial charge in [-0.1, -0.05) is 36.4 Å². The molecule has 0 radical (unpaired) electrons. The number of nitrogens with one attached hydrogen (secondary N) is 1. The van der Waals surface area contributed by atoms with Crippen molar-refractivity contribution >= 4 is 46.6 Å². The van der Waals surface area contributed by atoms with Crippen molar-refractivity contribution in [1.82, 2.24) is 0 Å². The fraction of sp³-hybridized carbons (Fsp3) is 0. The summed E-state index contributed by atoms with van der Waals surface area (Å²) in [5.41, 5.74) is 2.16. The van der Waals surface area contributed by atoms with E-state index in [4.69, 9.17) is 0 Å². The van der Waals surface area contributed by atoms with Gasteiger partial charge in [0.15, 0.2) is 0 Å². The van der Waals surface area contributed by atoms with Gasteiger partial charge in [-0.25, -0.2) is 9.80 Å². The van der Waals surface area contributed by atoms with E-state index in [2.05, 4.69) is 5.32 Å². The van der Waals surface area contributed by atoms with Crippen molar-refractivity contribution in [3.63, 3.8) is 0 Å². The van der Waals surface area contributed by atoms with E-state index in [1.165, 1.54) is 36.4 Å². The first kappa shape index (κ1) is 22.1. The maximum absolute atomic E-state index is 13.0. The Morgan fingerprint density at radius 3 is 1.51 bits per heavy atom. The molecule has 1 N–H and O–H groups in total. The Morgan fingerprint density at radius 2 is 0.973 bits per heavy atom. The van der Waals surface area contributed by atoms with E-state index in [1.54, 1.807) is 60.7 Å². The van der Waals surface area contributed by atoms with Crippen molar-refractivity contribution in [3.8, 4) is 0 Å². The molecule has 2 aliphatic heterocycles. The minimum absolute atomic E-state index is 0.134. The first-order chi connectivity index (χ1) is 17.9. The summed E-state index contributed by atoms with van der Waals surface area (Å²) in [6.45, 7) is 0. The quantitative estimate of drug-likeness (QED) is 0.426. The molecule has 0 atom stereocenters. The molecule has 8 nitrogen and oxygen atoms in total. The van der Waals surface area contributed by atoms with E-state index in [1.807, 2.05) is 0 Å². The molecule has 6 rings (SSSR count). The van der Waals surface area contributed by atoms with Gasteiger partial charge in [0.2, 0.25) is 0 Å². The largest absolute Gasteiger partial charge is 0.322 e. The number of benzene rings is 4. The van der Waals surface area contributed by atoms with Crippen molar-refractivity contribution in [2.75, 3.05) is 15.1 Å². The summed E-state index contributed by atoms with van der Waals surface area (Å²) in [6, 6.07) is 25.9. The van der Waals surface area contributed by atoms with Crippen LogP contribution in [0, 0.1) is 0 Å². The number of rotatable bonds is 4. The van der Waals surface area contributed by atoms with Crippen LogP contribution in [0.1, 0.15) is 51.8 Å². The fourth-order valence-electron chi connectivity index (χ4n) is 4.53. The Kier molecular flexibility index (Phi) is 5.01. The predicted molar refractivity (Wildman–Crippen MR) is 136 cm³/mol. The minimum Gasteiger partial charge on any atom is -0.322 e. The van der Waals surface area contributed by atoms with Gasteiger partial charge in [0.25, 0.3) is 29.5 Å². The number of imide groups is 2. The van der Waals surface area contributed by atoms with Crippen LogP contribution in [0.5, 0.6) is 0 Å². The van der Waals surface area contributed by atoms with Crippen LogP contribution in [0.25, 0.3) is 0 Å². The van der Waals surface area contributed by atoms with E-state index in [0.717, 1.165) is 9.80 Å². The molecule has 0 saturated carbocycles. The summed E-state index contributed by atoms with van der Waals surface area (Å²) in [7, 11) is 0. The number of anilines is 3. The molecule has 0 spiro atoms. The number of carbonyl (C=O) groups is 5. The molecule has 0 aromatic heterocycles. The SMILES string of the molecule is O=C(Nc1ccc2c(c1)C(=O)N(c1ccccc1)C2=O)c1ccc2c(c1)C(=O)N(c1ccccc1)C2=O. The number of fused-ring (bicyclic) bond motifs is 2. The molecular formula is C29H17N3O5. The number of carbonyl (C=O) groups excluding carboxylic acids is 5. The van der Waals surface area contributed by atoms with Gasteiger partial charge in [-0.2, -0.15) is 0 Å². The van der Waals surface area contributed by atoms with E-state index < -0.39 is 29.5 Å². The lowest BCUT2D eigenvalue weighted by molar-refractivity contribution is 0.0910. The van der Waals surface area contributed by atoms with Crippen molar-refractivity contribution < 1.29 is 24.0 Å². The molecule has 178 valence electrons. The lowest BCUT2D eigenvalue weighted by Crippen LogP contribution is -2.29. The molecule has 2 heterocycles. The summed E-state index contributed by atoms with van der Waals surface area (Å²) < 4.78 is 0. The molecule has 0 fully saturated rings. The Bertz CT molecular complexity index is 1650. The zero-order valence-corrected chi connectivity index (χ0v) is 19.2. The highest BCUT2D eigenvalue weighted by atomic mass is 16.2. The van der Waals surface area contributed by atoms with Gasteiger partial charge in [-0.05, 0) is 60.7 Å². The highest BCUT2D eigenvalue weighted by Crippen LogP contribution is 2.31. The van der Waals surface area contributed by atoms with Crippen LogP contribution in [-0.2, 0) is 0 Å². The first-order valence-corrected chi connectivity index (χ1v) is 11.4. The second kappa shape index (κ2) is 8.39. The Labute approximate surface area is 210 Å². The lowest BCUT2D eigenvalue weighted by Gasteiger charge is -2.13. The number of amides is 5. The second-order valence-electron chi connectivity index (χ2n) is 8.54. The second-order valence-corrected chi connectivity index (χ2v) is 8.54. The maximum Gasteiger partial charge on any atom is 0.266 e. The van der Waals surface area contributed by atoms with E-state index in [-0.39, 0.29) is 27.8 Å². The van der Waals surface area contributed by atoms with Crippen LogP contribution in [0.4, 0.5) is 17.1 Å². The molecular weight excluding hydrogens is 470 g/mol. The fourth-order valence-corrected chi connectivity index (χ4v) is 4.53. The molecule has 2 aliphatic rings. The average Bonchev–Trinajstić information content (AvgIpc) is 3.33. The third-order valence-electron chi connectivity index (χ3n) is 6.32. The summed E-state index contributed by atoms with van der Waals surface area (Å²) in [6.07, 6.45) is 0. The molecule has 5 amide bonds. The topological polar surface area (TPSA) is 104 Å². The monoisotopic (exact) mass is 487 g/mol. The van der Waals surface area contributed by atoms with Crippen LogP contribution in [-0.4, -0.2) is 29.5 Å². The predicted octanol–water partition coefficient (Wildman–Crippen LogP) is 4.54. The Morgan fingerprint density at radius 1 is 0.514 bits per heavy atom. The number of para-hydroxylation sites is 2. The van der Waals surface area contributed by atoms with Gasteiger partial charge in [0, 0.05) is 11.3 Å². The van der Waals surface area contributed by atoms with E-state index in [9.17, 15) is 24.0 Å². The van der Waals surface area contributed by atoms with Gasteiger partial charge in [0.1, 0.15) is 0 Å². The normalized spacial score (nSPS) is 14.2. The van der Waals surface area contributed by atoms with Gasteiger partial charge in [-0.15, -0.1) is 0 Å². The van der Waals surface area contributed by atoms with Crippen molar-refractivity contribution in [2.24, 2.45) is 0 Å². The maximum atomic E-state index is 13.0. The van der Waals surface area contributed by atoms with Crippen LogP contribution < -0.4 is 15.1 Å². The minimum atomic E-state index is -0.530. The van der Waals surface area contributed by atoms with Crippen molar-refractivity contribution in [1.29, 1.82) is 0 Å². The van der Waals surface area contributed by atoms with E-state index in [0.29, 0.717) is 17.1 Å². The molecule has 0 aliphatic carbocycles. The summed E-state index contributed by atoms with van der Waals surface area (Å²) in [4.78, 5) is 66.8. The van der Waals surface area contributed by atoms with Crippen LogP contribution in [0.15, 0.2) is 97.1 Å². The smallest absolute Gasteiger partial charge is 0.266 e. The molecule has 4 aromatic rings. The van der Waals surface area contributed by atoms with Gasteiger partial charge in [0.05, 0.1) is 33.6 Å². The molecule has 0 unspecified atom stereocenters. The van der Waals surface area contributed by atoms with Gasteiger partial charge in [-0.3, -0.25) is 24.0 Å².